The van der Waals surface area contributed by atoms with Gasteiger partial charge in [0.1, 0.15) is 0 Å². The fourth-order valence-corrected chi connectivity index (χ4v) is 1.19. The largest absolute Gasteiger partial charge is 0.346 e. The van der Waals surface area contributed by atoms with E-state index in [9.17, 15) is 4.79 Å². The van der Waals surface area contributed by atoms with E-state index in [4.69, 9.17) is 17.3 Å². The molecule has 0 spiro atoms. The Morgan fingerprint density at radius 1 is 1.67 bits per heavy atom. The molecule has 0 aliphatic rings. The Bertz CT molecular complexity index is 365. The van der Waals surface area contributed by atoms with Gasteiger partial charge in [-0.25, -0.2) is 0 Å². The van der Waals surface area contributed by atoms with E-state index >= 15 is 0 Å². The number of nitrogens with zero attached hydrogens (tertiary/aromatic N) is 1. The van der Waals surface area contributed by atoms with E-state index in [0.29, 0.717) is 17.1 Å². The molecule has 0 aromatic carbocycles. The number of nitrogens with two attached hydrogens (primary N) is 1. The summed E-state index contributed by atoms with van der Waals surface area (Å²) in [5, 5.41) is 3.12. The molecular weight excluding hydrogens is 214 g/mol. The third kappa shape index (κ3) is 3.18. The van der Waals surface area contributed by atoms with Crippen LogP contribution in [0, 0.1) is 0 Å². The summed E-state index contributed by atoms with van der Waals surface area (Å²) in [4.78, 5) is 15.6. The highest BCUT2D eigenvalue weighted by molar-refractivity contribution is 6.33. The van der Waals surface area contributed by atoms with Crippen LogP contribution in [-0.2, 0) is 0 Å². The van der Waals surface area contributed by atoms with Crippen LogP contribution in [0.4, 0.5) is 0 Å². The van der Waals surface area contributed by atoms with Crippen molar-refractivity contribution >= 4 is 17.5 Å². The van der Waals surface area contributed by atoms with Gasteiger partial charge in [0.2, 0.25) is 0 Å². The molecule has 4 nitrogen and oxygen atoms in total. The molecule has 5 heteroatoms. The van der Waals surface area contributed by atoms with Crippen LogP contribution in [0.25, 0.3) is 0 Å². The van der Waals surface area contributed by atoms with Gasteiger partial charge in [0.25, 0.3) is 5.91 Å². The van der Waals surface area contributed by atoms with Crippen molar-refractivity contribution < 1.29 is 4.79 Å². The van der Waals surface area contributed by atoms with Crippen molar-refractivity contribution in [1.29, 1.82) is 0 Å². The fraction of sp³-hybridized carbons (Fsp3) is 0.400. The van der Waals surface area contributed by atoms with Crippen LogP contribution in [0.1, 0.15) is 24.2 Å². The average Bonchev–Trinajstić information content (AvgIpc) is 2.17. The maximum Gasteiger partial charge on any atom is 0.253 e. The molecule has 1 aromatic heterocycles. The van der Waals surface area contributed by atoms with Gasteiger partial charge in [-0.2, -0.15) is 0 Å². The van der Waals surface area contributed by atoms with Crippen molar-refractivity contribution in [3.63, 3.8) is 0 Å². The van der Waals surface area contributed by atoms with Gasteiger partial charge < -0.3 is 11.1 Å². The number of hydrogen-bond donors (Lipinski definition) is 2. The summed E-state index contributed by atoms with van der Waals surface area (Å²) in [6.07, 6.45) is 2.96. The Hall–Kier alpha value is -1.13. The molecule has 0 bridgehead atoms. The molecule has 0 saturated carbocycles. The van der Waals surface area contributed by atoms with E-state index in [1.165, 1.54) is 12.4 Å². The van der Waals surface area contributed by atoms with Crippen molar-refractivity contribution in [2.24, 2.45) is 5.73 Å². The van der Waals surface area contributed by atoms with Crippen LogP contribution >= 0.6 is 11.6 Å². The Morgan fingerprint density at radius 2 is 2.33 bits per heavy atom. The molecule has 0 saturated heterocycles. The molecule has 0 radical (unpaired) electrons. The van der Waals surface area contributed by atoms with Gasteiger partial charge in [-0.3, -0.25) is 9.78 Å². The lowest BCUT2D eigenvalue weighted by molar-refractivity contribution is 0.0916. The molecule has 0 aliphatic heterocycles. The van der Waals surface area contributed by atoms with Crippen LogP contribution in [0.3, 0.4) is 0 Å². The van der Waals surface area contributed by atoms with Crippen LogP contribution in [0.15, 0.2) is 18.5 Å². The SMILES string of the molecule is CC(C)(CN)NC(=O)c1ccncc1Cl. The molecule has 0 unspecified atom stereocenters. The summed E-state index contributed by atoms with van der Waals surface area (Å²) in [5.41, 5.74) is 5.48. The maximum absolute atomic E-state index is 11.8. The quantitative estimate of drug-likeness (QED) is 0.816. The predicted molar refractivity (Wildman–Crippen MR) is 59.8 cm³/mol. The first-order valence-electron chi connectivity index (χ1n) is 4.58. The van der Waals surface area contributed by atoms with E-state index in [1.807, 2.05) is 13.8 Å². The summed E-state index contributed by atoms with van der Waals surface area (Å²) in [6.45, 7) is 4.06. The first-order chi connectivity index (χ1) is 6.96. The minimum absolute atomic E-state index is 0.238. The third-order valence-corrected chi connectivity index (χ3v) is 2.28. The van der Waals surface area contributed by atoms with Crippen LogP contribution in [0.2, 0.25) is 5.02 Å². The van der Waals surface area contributed by atoms with Crippen molar-refractivity contribution in [1.82, 2.24) is 10.3 Å². The highest BCUT2D eigenvalue weighted by Crippen LogP contribution is 2.14. The van der Waals surface area contributed by atoms with Crippen molar-refractivity contribution in [3.05, 3.63) is 29.0 Å². The Kier molecular flexibility index (Phi) is 3.66. The number of carbonyl (C=O) groups excluding carboxylic acids is 1. The second-order valence-corrected chi connectivity index (χ2v) is 4.30. The van der Waals surface area contributed by atoms with E-state index in [1.54, 1.807) is 6.07 Å². The number of carbonyl (C=O) groups is 1. The molecule has 15 heavy (non-hydrogen) atoms. The molecule has 0 atom stereocenters. The number of nitrogens with one attached hydrogen (secondary N) is 1. The van der Waals surface area contributed by atoms with Gasteiger partial charge in [-0.05, 0) is 19.9 Å². The zero-order valence-electron chi connectivity index (χ0n) is 8.75. The smallest absolute Gasteiger partial charge is 0.253 e. The number of aromatic nitrogens is 1. The monoisotopic (exact) mass is 227 g/mol. The summed E-state index contributed by atoms with van der Waals surface area (Å²) < 4.78 is 0. The normalized spacial score (nSPS) is 11.2. The van der Waals surface area contributed by atoms with Gasteiger partial charge in [-0.15, -0.1) is 0 Å². The predicted octanol–water partition coefficient (Wildman–Crippen LogP) is 1.20. The van der Waals surface area contributed by atoms with E-state index in [-0.39, 0.29) is 5.91 Å². The highest BCUT2D eigenvalue weighted by atomic mass is 35.5. The molecule has 1 rings (SSSR count). The van der Waals surface area contributed by atoms with Crippen LogP contribution in [0.5, 0.6) is 0 Å². The topological polar surface area (TPSA) is 68.0 Å². The number of pyridine rings is 1. The Morgan fingerprint density at radius 3 is 2.87 bits per heavy atom. The molecule has 82 valence electrons. The lowest BCUT2D eigenvalue weighted by Gasteiger charge is -2.24. The Labute approximate surface area is 93.8 Å². The standard InChI is InChI=1S/C10H14ClN3O/c1-10(2,6-12)14-9(15)7-3-4-13-5-8(7)11/h3-5H,6,12H2,1-2H3,(H,14,15). The zero-order chi connectivity index (χ0) is 11.5. The van der Waals surface area contributed by atoms with E-state index < -0.39 is 5.54 Å². The van der Waals surface area contributed by atoms with Gasteiger partial charge in [0.05, 0.1) is 10.6 Å². The van der Waals surface area contributed by atoms with Crippen LogP contribution < -0.4 is 11.1 Å². The molecule has 1 heterocycles. The number of hydrogen-bond acceptors (Lipinski definition) is 3. The molecule has 0 fully saturated rings. The van der Waals surface area contributed by atoms with Gasteiger partial charge in [-0.1, -0.05) is 11.6 Å². The third-order valence-electron chi connectivity index (χ3n) is 1.98. The molecule has 1 aromatic rings. The number of amides is 1. The minimum atomic E-state index is -0.441. The first-order valence-corrected chi connectivity index (χ1v) is 4.96. The molecule has 3 N–H and O–H groups in total. The summed E-state index contributed by atoms with van der Waals surface area (Å²) in [5.74, 6) is -0.238. The number of rotatable bonds is 3. The maximum atomic E-state index is 11.8. The average molecular weight is 228 g/mol. The second kappa shape index (κ2) is 4.59. The fourth-order valence-electron chi connectivity index (χ4n) is 0.985. The summed E-state index contributed by atoms with van der Waals surface area (Å²) >= 11 is 5.84. The Balaban J connectivity index is 2.83. The molecular formula is C10H14ClN3O. The molecule has 0 aliphatic carbocycles. The summed E-state index contributed by atoms with van der Waals surface area (Å²) in [6, 6.07) is 1.57. The zero-order valence-corrected chi connectivity index (χ0v) is 9.51. The first kappa shape index (κ1) is 11.9. The van der Waals surface area contributed by atoms with Crippen LogP contribution in [-0.4, -0.2) is 23.0 Å². The number of halogens is 1. The van der Waals surface area contributed by atoms with Gasteiger partial charge >= 0.3 is 0 Å². The lowest BCUT2D eigenvalue weighted by atomic mass is 10.1. The van der Waals surface area contributed by atoms with E-state index in [0.717, 1.165) is 0 Å². The van der Waals surface area contributed by atoms with Crippen molar-refractivity contribution in [2.45, 2.75) is 19.4 Å². The highest BCUT2D eigenvalue weighted by Gasteiger charge is 2.20. The van der Waals surface area contributed by atoms with Crippen molar-refractivity contribution in [3.8, 4) is 0 Å². The lowest BCUT2D eigenvalue weighted by Crippen LogP contribution is -2.48. The minimum Gasteiger partial charge on any atom is -0.346 e. The summed E-state index contributed by atoms with van der Waals surface area (Å²) in [7, 11) is 0. The van der Waals surface area contributed by atoms with E-state index in [2.05, 4.69) is 10.3 Å². The second-order valence-electron chi connectivity index (χ2n) is 3.90. The molecule has 1 amide bonds. The van der Waals surface area contributed by atoms with Gasteiger partial charge in [0.15, 0.2) is 0 Å². The van der Waals surface area contributed by atoms with Crippen molar-refractivity contribution in [2.75, 3.05) is 6.54 Å². The van der Waals surface area contributed by atoms with Gasteiger partial charge in [0, 0.05) is 24.5 Å².